The number of hydrogen-bond acceptors (Lipinski definition) is 4. The van der Waals surface area contributed by atoms with E-state index in [1.54, 1.807) is 7.11 Å². The van der Waals surface area contributed by atoms with Gasteiger partial charge >= 0.3 is 5.97 Å². The van der Waals surface area contributed by atoms with Crippen molar-refractivity contribution in [1.29, 1.82) is 0 Å². The summed E-state index contributed by atoms with van der Waals surface area (Å²) in [5.41, 5.74) is 0. The summed E-state index contributed by atoms with van der Waals surface area (Å²) in [4.78, 5) is 23.8. The van der Waals surface area contributed by atoms with Gasteiger partial charge in [-0.25, -0.2) is 0 Å². The molecule has 1 fully saturated rings. The zero-order valence-electron chi connectivity index (χ0n) is 12.0. The smallest absolute Gasteiger partial charge is 0.306 e. The van der Waals surface area contributed by atoms with Gasteiger partial charge in [0.15, 0.2) is 0 Å². The Hall–Kier alpha value is -1.69. The Balaban J connectivity index is 1.78. The summed E-state index contributed by atoms with van der Waals surface area (Å²) >= 11 is 1.47. The van der Waals surface area contributed by atoms with E-state index in [1.165, 1.54) is 11.8 Å². The SMILES string of the molecule is COc1ccc(SC(C)C(=O)NC2CC(C(=O)O)C2)cc1. The number of carboxylic acid groups (broad SMARTS) is 1. The Bertz CT molecular complexity index is 511. The van der Waals surface area contributed by atoms with Crippen molar-refractivity contribution in [2.75, 3.05) is 7.11 Å². The Morgan fingerprint density at radius 3 is 2.48 bits per heavy atom. The van der Waals surface area contributed by atoms with E-state index in [2.05, 4.69) is 5.32 Å². The molecule has 6 heteroatoms. The number of rotatable bonds is 6. The second kappa shape index (κ2) is 6.85. The summed E-state index contributed by atoms with van der Waals surface area (Å²) in [6.07, 6.45) is 1.06. The maximum atomic E-state index is 12.0. The van der Waals surface area contributed by atoms with Crippen molar-refractivity contribution in [1.82, 2.24) is 5.32 Å². The van der Waals surface area contributed by atoms with Crippen LogP contribution in [0.2, 0.25) is 0 Å². The van der Waals surface area contributed by atoms with Crippen LogP contribution in [0.3, 0.4) is 0 Å². The number of carboxylic acids is 1. The number of amides is 1. The van der Waals surface area contributed by atoms with Crippen molar-refractivity contribution in [3.05, 3.63) is 24.3 Å². The van der Waals surface area contributed by atoms with Gasteiger partial charge in [0.2, 0.25) is 5.91 Å². The van der Waals surface area contributed by atoms with E-state index in [9.17, 15) is 9.59 Å². The highest BCUT2D eigenvalue weighted by Crippen LogP contribution is 2.29. The lowest BCUT2D eigenvalue weighted by atomic mass is 9.80. The Morgan fingerprint density at radius 2 is 1.95 bits per heavy atom. The lowest BCUT2D eigenvalue weighted by Crippen LogP contribution is -2.48. The first-order chi connectivity index (χ1) is 9.99. The summed E-state index contributed by atoms with van der Waals surface area (Å²) in [7, 11) is 1.61. The van der Waals surface area contributed by atoms with Gasteiger partial charge in [-0.15, -0.1) is 11.8 Å². The fourth-order valence-electron chi connectivity index (χ4n) is 2.17. The molecule has 5 nitrogen and oxygen atoms in total. The third-order valence-electron chi connectivity index (χ3n) is 3.58. The molecule has 1 saturated carbocycles. The highest BCUT2D eigenvalue weighted by Gasteiger charge is 2.35. The van der Waals surface area contributed by atoms with E-state index in [0.717, 1.165) is 10.6 Å². The molecule has 1 aliphatic carbocycles. The molecule has 0 aliphatic heterocycles. The van der Waals surface area contributed by atoms with Crippen LogP contribution in [0.4, 0.5) is 0 Å². The van der Waals surface area contributed by atoms with Crippen LogP contribution in [0.25, 0.3) is 0 Å². The van der Waals surface area contributed by atoms with E-state index >= 15 is 0 Å². The van der Waals surface area contributed by atoms with Gasteiger partial charge in [0.1, 0.15) is 5.75 Å². The van der Waals surface area contributed by atoms with Crippen LogP contribution in [0.5, 0.6) is 5.75 Å². The van der Waals surface area contributed by atoms with Gasteiger partial charge in [-0.1, -0.05) is 0 Å². The predicted molar refractivity (Wildman–Crippen MR) is 80.6 cm³/mol. The van der Waals surface area contributed by atoms with Gasteiger partial charge in [-0.05, 0) is 44.0 Å². The molecular formula is C15H19NO4S. The van der Waals surface area contributed by atoms with Crippen LogP contribution >= 0.6 is 11.8 Å². The molecule has 2 rings (SSSR count). The number of benzene rings is 1. The molecule has 0 spiro atoms. The van der Waals surface area contributed by atoms with Crippen molar-refractivity contribution in [2.24, 2.45) is 5.92 Å². The first-order valence-corrected chi connectivity index (χ1v) is 7.71. The molecule has 1 amide bonds. The van der Waals surface area contributed by atoms with Crippen LogP contribution in [-0.2, 0) is 9.59 Å². The number of nitrogens with one attached hydrogen (secondary N) is 1. The molecule has 1 aromatic rings. The van der Waals surface area contributed by atoms with Crippen molar-refractivity contribution in [3.63, 3.8) is 0 Å². The predicted octanol–water partition coefficient (Wildman–Crippen LogP) is 2.16. The molecule has 0 heterocycles. The monoisotopic (exact) mass is 309 g/mol. The summed E-state index contributed by atoms with van der Waals surface area (Å²) < 4.78 is 5.09. The largest absolute Gasteiger partial charge is 0.497 e. The molecule has 0 bridgehead atoms. The molecular weight excluding hydrogens is 290 g/mol. The Morgan fingerprint density at radius 1 is 1.33 bits per heavy atom. The molecule has 1 aliphatic rings. The number of thioether (sulfide) groups is 1. The minimum absolute atomic E-state index is 0.00230. The Labute approximate surface area is 128 Å². The third kappa shape index (κ3) is 4.14. The normalized spacial score (nSPS) is 22.0. The lowest BCUT2D eigenvalue weighted by molar-refractivity contribution is -0.146. The molecule has 1 unspecified atom stereocenters. The van der Waals surface area contributed by atoms with Crippen LogP contribution in [-0.4, -0.2) is 35.4 Å². The fraction of sp³-hybridized carbons (Fsp3) is 0.467. The van der Waals surface area contributed by atoms with E-state index in [1.807, 2.05) is 31.2 Å². The number of aliphatic carboxylic acids is 1. The van der Waals surface area contributed by atoms with Crippen LogP contribution in [0.15, 0.2) is 29.2 Å². The minimum Gasteiger partial charge on any atom is -0.497 e. The van der Waals surface area contributed by atoms with Crippen molar-refractivity contribution in [3.8, 4) is 5.75 Å². The molecule has 1 aromatic carbocycles. The third-order valence-corrected chi connectivity index (χ3v) is 4.69. The van der Waals surface area contributed by atoms with Gasteiger partial charge in [0.05, 0.1) is 18.3 Å². The van der Waals surface area contributed by atoms with Gasteiger partial charge in [0, 0.05) is 10.9 Å². The molecule has 114 valence electrons. The van der Waals surface area contributed by atoms with Crippen molar-refractivity contribution in [2.45, 2.75) is 36.0 Å². The van der Waals surface area contributed by atoms with E-state index in [4.69, 9.17) is 9.84 Å². The first-order valence-electron chi connectivity index (χ1n) is 6.83. The second-order valence-corrected chi connectivity index (χ2v) is 6.56. The van der Waals surface area contributed by atoms with E-state index < -0.39 is 5.97 Å². The quantitative estimate of drug-likeness (QED) is 0.788. The Kier molecular flexibility index (Phi) is 5.12. The molecule has 0 saturated heterocycles. The minimum atomic E-state index is -0.777. The number of ether oxygens (including phenoxy) is 1. The molecule has 0 radical (unpaired) electrons. The average Bonchev–Trinajstić information content (AvgIpc) is 2.42. The molecule has 2 N–H and O–H groups in total. The fourth-order valence-corrected chi connectivity index (χ4v) is 3.04. The average molecular weight is 309 g/mol. The number of methoxy groups -OCH3 is 1. The summed E-state index contributed by atoms with van der Waals surface area (Å²) in [6.45, 7) is 1.84. The zero-order valence-corrected chi connectivity index (χ0v) is 12.9. The number of carbonyl (C=O) groups is 2. The van der Waals surface area contributed by atoms with Gasteiger partial charge in [0.25, 0.3) is 0 Å². The number of carbonyl (C=O) groups excluding carboxylic acids is 1. The summed E-state index contributed by atoms with van der Waals surface area (Å²) in [5.74, 6) is -0.351. The first kappa shape index (κ1) is 15.7. The number of hydrogen-bond donors (Lipinski definition) is 2. The summed E-state index contributed by atoms with van der Waals surface area (Å²) in [6, 6.07) is 7.54. The molecule has 1 atom stereocenters. The van der Waals surface area contributed by atoms with Crippen LogP contribution in [0, 0.1) is 5.92 Å². The molecule has 21 heavy (non-hydrogen) atoms. The van der Waals surface area contributed by atoms with Crippen LogP contribution < -0.4 is 10.1 Å². The highest BCUT2D eigenvalue weighted by atomic mass is 32.2. The van der Waals surface area contributed by atoms with E-state index in [-0.39, 0.29) is 23.1 Å². The maximum absolute atomic E-state index is 12.0. The van der Waals surface area contributed by atoms with E-state index in [0.29, 0.717) is 12.8 Å². The van der Waals surface area contributed by atoms with Gasteiger partial charge in [-0.2, -0.15) is 0 Å². The lowest BCUT2D eigenvalue weighted by Gasteiger charge is -2.33. The standard InChI is InChI=1S/C15H19NO4S/c1-9(21-13-5-3-12(20-2)4-6-13)14(17)16-11-7-10(8-11)15(18)19/h3-6,9-11H,7-8H2,1-2H3,(H,16,17)(H,18,19). The topological polar surface area (TPSA) is 75.6 Å². The zero-order chi connectivity index (χ0) is 15.4. The second-order valence-electron chi connectivity index (χ2n) is 5.15. The van der Waals surface area contributed by atoms with Gasteiger partial charge < -0.3 is 15.2 Å². The van der Waals surface area contributed by atoms with Gasteiger partial charge in [-0.3, -0.25) is 9.59 Å². The summed E-state index contributed by atoms with van der Waals surface area (Å²) in [5, 5.41) is 11.5. The van der Waals surface area contributed by atoms with Crippen LogP contribution in [0.1, 0.15) is 19.8 Å². The highest BCUT2D eigenvalue weighted by molar-refractivity contribution is 8.00. The van der Waals surface area contributed by atoms with Crippen molar-refractivity contribution >= 4 is 23.6 Å². The maximum Gasteiger partial charge on any atom is 0.306 e. The molecule has 0 aromatic heterocycles. The van der Waals surface area contributed by atoms with Crippen molar-refractivity contribution < 1.29 is 19.4 Å².